The lowest BCUT2D eigenvalue weighted by Crippen LogP contribution is -2.54. The average molecular weight is 349 g/mol. The van der Waals surface area contributed by atoms with E-state index in [2.05, 4.69) is 20.6 Å². The Kier molecular flexibility index (Phi) is 6.17. The summed E-state index contributed by atoms with van der Waals surface area (Å²) in [4.78, 5) is 22.6. The van der Waals surface area contributed by atoms with Gasteiger partial charge in [-0.3, -0.25) is 4.79 Å². The van der Waals surface area contributed by atoms with Crippen molar-refractivity contribution in [2.45, 2.75) is 37.5 Å². The SMILES string of the molecule is CNc1cc(C(=O)N2CCC(NC3CCOCC3OC)CC2)ncn1. The summed E-state index contributed by atoms with van der Waals surface area (Å²) in [6.07, 6.45) is 4.36. The topological polar surface area (TPSA) is 88.6 Å². The van der Waals surface area contributed by atoms with E-state index in [0.717, 1.165) is 39.0 Å². The Balaban J connectivity index is 1.52. The Hall–Kier alpha value is -1.77. The first kappa shape index (κ1) is 18.0. The minimum Gasteiger partial charge on any atom is -0.379 e. The van der Waals surface area contributed by atoms with Crippen molar-refractivity contribution in [3.63, 3.8) is 0 Å². The van der Waals surface area contributed by atoms with Crippen LogP contribution in [-0.4, -0.2) is 79.4 Å². The maximum absolute atomic E-state index is 12.6. The van der Waals surface area contributed by atoms with Gasteiger partial charge < -0.3 is 25.0 Å². The molecule has 2 aliphatic rings. The maximum atomic E-state index is 12.6. The summed E-state index contributed by atoms with van der Waals surface area (Å²) in [6.45, 7) is 2.88. The molecule has 0 bridgehead atoms. The second-order valence-electron chi connectivity index (χ2n) is 6.52. The summed E-state index contributed by atoms with van der Waals surface area (Å²) in [6, 6.07) is 2.42. The van der Waals surface area contributed by atoms with Crippen LogP contribution in [0.25, 0.3) is 0 Å². The van der Waals surface area contributed by atoms with E-state index in [1.807, 2.05) is 4.90 Å². The van der Waals surface area contributed by atoms with Crippen molar-refractivity contribution in [1.29, 1.82) is 0 Å². The Morgan fingerprint density at radius 3 is 2.84 bits per heavy atom. The molecule has 1 aromatic heterocycles. The highest BCUT2D eigenvalue weighted by Gasteiger charge is 2.30. The minimum absolute atomic E-state index is 0.0295. The molecule has 2 unspecified atom stereocenters. The monoisotopic (exact) mass is 349 g/mol. The second-order valence-corrected chi connectivity index (χ2v) is 6.52. The van der Waals surface area contributed by atoms with Crippen molar-refractivity contribution in [2.24, 2.45) is 0 Å². The molecule has 2 aliphatic heterocycles. The molecule has 2 N–H and O–H groups in total. The highest BCUT2D eigenvalue weighted by Crippen LogP contribution is 2.18. The molecule has 8 nitrogen and oxygen atoms in total. The fraction of sp³-hybridized carbons (Fsp3) is 0.706. The van der Waals surface area contributed by atoms with Crippen LogP contribution in [0.1, 0.15) is 29.8 Å². The predicted molar refractivity (Wildman–Crippen MR) is 93.7 cm³/mol. The zero-order valence-corrected chi connectivity index (χ0v) is 14.9. The van der Waals surface area contributed by atoms with E-state index in [1.165, 1.54) is 6.33 Å². The molecule has 0 spiro atoms. The van der Waals surface area contributed by atoms with Crippen molar-refractivity contribution in [3.8, 4) is 0 Å². The lowest BCUT2D eigenvalue weighted by molar-refractivity contribution is -0.0533. The second kappa shape index (κ2) is 8.55. The Morgan fingerprint density at radius 1 is 1.32 bits per heavy atom. The number of likely N-dealkylation sites (tertiary alicyclic amines) is 1. The van der Waals surface area contributed by atoms with E-state index in [-0.39, 0.29) is 12.0 Å². The van der Waals surface area contributed by atoms with Gasteiger partial charge in [0, 0.05) is 52.0 Å². The van der Waals surface area contributed by atoms with Gasteiger partial charge in [-0.1, -0.05) is 0 Å². The molecule has 0 radical (unpaired) electrons. The van der Waals surface area contributed by atoms with E-state index < -0.39 is 0 Å². The van der Waals surface area contributed by atoms with Gasteiger partial charge in [-0.2, -0.15) is 0 Å². The van der Waals surface area contributed by atoms with Gasteiger partial charge in [-0.25, -0.2) is 9.97 Å². The smallest absolute Gasteiger partial charge is 0.272 e. The number of carbonyl (C=O) groups excluding carboxylic acids is 1. The maximum Gasteiger partial charge on any atom is 0.272 e. The molecular formula is C17H27N5O3. The number of aromatic nitrogens is 2. The lowest BCUT2D eigenvalue weighted by Gasteiger charge is -2.38. The van der Waals surface area contributed by atoms with Crippen LogP contribution >= 0.6 is 0 Å². The van der Waals surface area contributed by atoms with Crippen LogP contribution in [0.4, 0.5) is 5.82 Å². The minimum atomic E-state index is -0.0295. The number of anilines is 1. The number of amides is 1. The number of ether oxygens (including phenoxy) is 2. The summed E-state index contributed by atoms with van der Waals surface area (Å²) >= 11 is 0. The Bertz CT molecular complexity index is 577. The summed E-state index contributed by atoms with van der Waals surface area (Å²) in [5.74, 6) is 0.623. The molecule has 25 heavy (non-hydrogen) atoms. The van der Waals surface area contributed by atoms with E-state index in [4.69, 9.17) is 9.47 Å². The molecule has 138 valence electrons. The number of hydrogen-bond acceptors (Lipinski definition) is 7. The molecule has 2 atom stereocenters. The van der Waals surface area contributed by atoms with Crippen molar-refractivity contribution in [1.82, 2.24) is 20.2 Å². The van der Waals surface area contributed by atoms with Gasteiger partial charge in [0.1, 0.15) is 17.8 Å². The zero-order valence-electron chi connectivity index (χ0n) is 14.9. The van der Waals surface area contributed by atoms with Crippen LogP contribution in [0, 0.1) is 0 Å². The highest BCUT2D eigenvalue weighted by molar-refractivity contribution is 5.92. The van der Waals surface area contributed by atoms with Gasteiger partial charge in [0.25, 0.3) is 5.91 Å². The van der Waals surface area contributed by atoms with Crippen LogP contribution in [0.5, 0.6) is 0 Å². The van der Waals surface area contributed by atoms with Crippen molar-refractivity contribution >= 4 is 11.7 Å². The fourth-order valence-electron chi connectivity index (χ4n) is 3.46. The van der Waals surface area contributed by atoms with Gasteiger partial charge >= 0.3 is 0 Å². The molecule has 2 saturated heterocycles. The van der Waals surface area contributed by atoms with Crippen LogP contribution in [0.2, 0.25) is 0 Å². The van der Waals surface area contributed by atoms with Crippen LogP contribution < -0.4 is 10.6 Å². The number of rotatable bonds is 5. The number of nitrogens with zero attached hydrogens (tertiary/aromatic N) is 3. The van der Waals surface area contributed by atoms with Gasteiger partial charge in [-0.05, 0) is 19.3 Å². The average Bonchev–Trinajstić information content (AvgIpc) is 2.68. The fourth-order valence-corrected chi connectivity index (χ4v) is 3.46. The molecule has 0 aliphatic carbocycles. The first-order valence-corrected chi connectivity index (χ1v) is 8.87. The van der Waals surface area contributed by atoms with Gasteiger partial charge in [0.2, 0.25) is 0 Å². The van der Waals surface area contributed by atoms with E-state index in [9.17, 15) is 4.79 Å². The van der Waals surface area contributed by atoms with Crippen molar-refractivity contribution < 1.29 is 14.3 Å². The Morgan fingerprint density at radius 2 is 2.12 bits per heavy atom. The number of hydrogen-bond donors (Lipinski definition) is 2. The molecule has 1 amide bonds. The first-order valence-electron chi connectivity index (χ1n) is 8.87. The highest BCUT2D eigenvalue weighted by atomic mass is 16.5. The number of methoxy groups -OCH3 is 1. The van der Waals surface area contributed by atoms with Crippen LogP contribution in [0.3, 0.4) is 0 Å². The number of nitrogens with one attached hydrogen (secondary N) is 2. The normalized spacial score (nSPS) is 25.0. The van der Waals surface area contributed by atoms with Crippen molar-refractivity contribution in [3.05, 3.63) is 18.1 Å². The molecule has 2 fully saturated rings. The van der Waals surface area contributed by atoms with E-state index in [1.54, 1.807) is 20.2 Å². The molecule has 0 aromatic carbocycles. The van der Waals surface area contributed by atoms with Crippen LogP contribution in [-0.2, 0) is 9.47 Å². The molecule has 1 aromatic rings. The van der Waals surface area contributed by atoms with Gasteiger partial charge in [0.15, 0.2) is 0 Å². The lowest BCUT2D eigenvalue weighted by atomic mass is 9.99. The van der Waals surface area contributed by atoms with E-state index in [0.29, 0.717) is 30.2 Å². The molecule has 3 heterocycles. The summed E-state index contributed by atoms with van der Waals surface area (Å²) in [7, 11) is 3.51. The molecular weight excluding hydrogens is 322 g/mol. The predicted octanol–water partition coefficient (Wildman–Crippen LogP) is 0.516. The quantitative estimate of drug-likeness (QED) is 0.801. The first-order chi connectivity index (χ1) is 12.2. The largest absolute Gasteiger partial charge is 0.379 e. The molecule has 0 saturated carbocycles. The third-order valence-electron chi connectivity index (χ3n) is 4.98. The van der Waals surface area contributed by atoms with Crippen LogP contribution in [0.15, 0.2) is 12.4 Å². The summed E-state index contributed by atoms with van der Waals surface area (Å²) in [5.41, 5.74) is 0.439. The number of piperidine rings is 1. The third-order valence-corrected chi connectivity index (χ3v) is 4.98. The van der Waals surface area contributed by atoms with E-state index >= 15 is 0 Å². The van der Waals surface area contributed by atoms with Crippen molar-refractivity contribution in [2.75, 3.05) is 45.8 Å². The van der Waals surface area contributed by atoms with Gasteiger partial charge in [0.05, 0.1) is 12.7 Å². The third kappa shape index (κ3) is 4.45. The summed E-state index contributed by atoms with van der Waals surface area (Å²) < 4.78 is 11.0. The standard InChI is InChI=1S/C17H27N5O3/c1-18-16-9-14(19-11-20-16)17(23)22-6-3-12(4-7-22)21-13-5-8-25-10-15(13)24-2/h9,11-13,15,21H,3-8,10H2,1-2H3,(H,18,19,20). The number of carbonyl (C=O) groups is 1. The summed E-state index contributed by atoms with van der Waals surface area (Å²) in [5, 5.41) is 6.63. The van der Waals surface area contributed by atoms with Gasteiger partial charge in [-0.15, -0.1) is 0 Å². The molecule has 3 rings (SSSR count). The Labute approximate surface area is 148 Å². The zero-order chi connectivity index (χ0) is 17.6. The molecule has 8 heteroatoms.